The molecule has 0 aliphatic carbocycles. The molecule has 1 aliphatic rings. The van der Waals surface area contributed by atoms with Gasteiger partial charge in [0.2, 0.25) is 5.88 Å². The molecule has 82 valence electrons. The fourth-order valence-electron chi connectivity index (χ4n) is 1.47. The molecule has 0 spiro atoms. The molecule has 0 radical (unpaired) electrons. The summed E-state index contributed by atoms with van der Waals surface area (Å²) >= 11 is 0. The molecule has 1 saturated heterocycles. The van der Waals surface area contributed by atoms with Crippen LogP contribution in [-0.4, -0.2) is 54.3 Å². The second-order valence-corrected chi connectivity index (χ2v) is 3.35. The van der Waals surface area contributed by atoms with E-state index in [1.54, 1.807) is 12.3 Å². The van der Waals surface area contributed by atoms with E-state index in [1.807, 2.05) is 0 Å². The van der Waals surface area contributed by atoms with Crippen molar-refractivity contribution in [3.8, 4) is 5.88 Å². The zero-order chi connectivity index (χ0) is 10.3. The number of nitrogens with zero attached hydrogens (tertiary/aromatic N) is 3. The van der Waals surface area contributed by atoms with Crippen molar-refractivity contribution in [2.75, 3.05) is 39.5 Å². The Morgan fingerprint density at radius 3 is 3.00 bits per heavy atom. The summed E-state index contributed by atoms with van der Waals surface area (Å²) in [7, 11) is 0. The van der Waals surface area contributed by atoms with Gasteiger partial charge in [0.25, 0.3) is 0 Å². The molecule has 2 rings (SSSR count). The lowest BCUT2D eigenvalue weighted by molar-refractivity contribution is 0.0320. The van der Waals surface area contributed by atoms with Crippen molar-refractivity contribution in [2.24, 2.45) is 0 Å². The third kappa shape index (κ3) is 3.45. The Balaban J connectivity index is 1.66. The number of ether oxygens (including phenoxy) is 2. The summed E-state index contributed by atoms with van der Waals surface area (Å²) < 4.78 is 10.7. The average Bonchev–Trinajstić information content (AvgIpc) is 2.32. The quantitative estimate of drug-likeness (QED) is 0.708. The zero-order valence-corrected chi connectivity index (χ0v) is 8.63. The molecule has 1 aromatic rings. The van der Waals surface area contributed by atoms with Gasteiger partial charge >= 0.3 is 0 Å². The predicted octanol–water partition coefficient (Wildman–Crippen LogP) is 0.188. The molecule has 0 aromatic carbocycles. The molecule has 0 amide bonds. The van der Waals surface area contributed by atoms with Gasteiger partial charge in [0, 0.05) is 31.9 Å². The zero-order valence-electron chi connectivity index (χ0n) is 8.63. The second-order valence-electron chi connectivity index (χ2n) is 3.35. The molecule has 1 aliphatic heterocycles. The van der Waals surface area contributed by atoms with Crippen LogP contribution in [0.25, 0.3) is 0 Å². The van der Waals surface area contributed by atoms with Crippen molar-refractivity contribution < 1.29 is 9.47 Å². The van der Waals surface area contributed by atoms with Crippen molar-refractivity contribution in [3.63, 3.8) is 0 Å². The summed E-state index contributed by atoms with van der Waals surface area (Å²) in [6.45, 7) is 5.23. The molecule has 1 aromatic heterocycles. The molecule has 5 nitrogen and oxygen atoms in total. The van der Waals surface area contributed by atoms with Crippen LogP contribution in [0, 0.1) is 0 Å². The topological polar surface area (TPSA) is 47.5 Å². The van der Waals surface area contributed by atoms with E-state index in [9.17, 15) is 0 Å². The minimum absolute atomic E-state index is 0.637. The van der Waals surface area contributed by atoms with Gasteiger partial charge in [-0.05, 0) is 0 Å². The molecule has 0 saturated carbocycles. The molecule has 0 unspecified atom stereocenters. The van der Waals surface area contributed by atoms with E-state index in [0.29, 0.717) is 12.5 Å². The first kappa shape index (κ1) is 10.3. The van der Waals surface area contributed by atoms with Gasteiger partial charge in [-0.3, -0.25) is 4.90 Å². The van der Waals surface area contributed by atoms with Gasteiger partial charge in [-0.1, -0.05) is 0 Å². The van der Waals surface area contributed by atoms with Gasteiger partial charge in [0.05, 0.1) is 13.2 Å². The van der Waals surface area contributed by atoms with Crippen LogP contribution in [0.5, 0.6) is 5.88 Å². The minimum Gasteiger partial charge on any atom is -0.476 e. The van der Waals surface area contributed by atoms with Gasteiger partial charge < -0.3 is 9.47 Å². The van der Waals surface area contributed by atoms with Crippen molar-refractivity contribution in [1.29, 1.82) is 0 Å². The SMILES string of the molecule is c1cc(OCCN2CCOCC2)ncn1. The Morgan fingerprint density at radius 1 is 1.40 bits per heavy atom. The Bertz CT molecular complexity index is 275. The molecule has 0 N–H and O–H groups in total. The predicted molar refractivity (Wildman–Crippen MR) is 54.8 cm³/mol. The highest BCUT2D eigenvalue weighted by atomic mass is 16.5. The highest BCUT2D eigenvalue weighted by molar-refractivity contribution is 5.04. The second kappa shape index (κ2) is 5.63. The maximum Gasteiger partial charge on any atom is 0.216 e. The normalized spacial score (nSPS) is 17.6. The molecule has 0 bridgehead atoms. The van der Waals surface area contributed by atoms with Gasteiger partial charge in [-0.25, -0.2) is 9.97 Å². The third-order valence-corrected chi connectivity index (χ3v) is 2.32. The number of rotatable bonds is 4. The van der Waals surface area contributed by atoms with Crippen molar-refractivity contribution in [3.05, 3.63) is 18.6 Å². The molecular formula is C10H15N3O2. The smallest absolute Gasteiger partial charge is 0.216 e. The Morgan fingerprint density at radius 2 is 2.27 bits per heavy atom. The lowest BCUT2D eigenvalue weighted by atomic mass is 10.4. The van der Waals surface area contributed by atoms with Crippen LogP contribution >= 0.6 is 0 Å². The van der Waals surface area contributed by atoms with Crippen LogP contribution in [0.4, 0.5) is 0 Å². The highest BCUT2D eigenvalue weighted by Gasteiger charge is 2.09. The maximum absolute atomic E-state index is 5.48. The van der Waals surface area contributed by atoms with Crippen molar-refractivity contribution in [2.45, 2.75) is 0 Å². The Hall–Kier alpha value is -1.20. The van der Waals surface area contributed by atoms with Gasteiger partial charge in [0.1, 0.15) is 12.9 Å². The van der Waals surface area contributed by atoms with Crippen LogP contribution in [0.2, 0.25) is 0 Å². The van der Waals surface area contributed by atoms with Crippen molar-refractivity contribution in [1.82, 2.24) is 14.9 Å². The summed E-state index contributed by atoms with van der Waals surface area (Å²) in [5, 5.41) is 0. The van der Waals surface area contributed by atoms with E-state index in [2.05, 4.69) is 14.9 Å². The average molecular weight is 209 g/mol. The van der Waals surface area contributed by atoms with Gasteiger partial charge in [-0.15, -0.1) is 0 Å². The minimum atomic E-state index is 0.637. The summed E-state index contributed by atoms with van der Waals surface area (Å²) in [6, 6.07) is 1.76. The van der Waals surface area contributed by atoms with Gasteiger partial charge in [-0.2, -0.15) is 0 Å². The van der Waals surface area contributed by atoms with Gasteiger partial charge in [0.15, 0.2) is 0 Å². The van der Waals surface area contributed by atoms with E-state index in [4.69, 9.17) is 9.47 Å². The third-order valence-electron chi connectivity index (χ3n) is 2.32. The van der Waals surface area contributed by atoms with E-state index < -0.39 is 0 Å². The first-order valence-corrected chi connectivity index (χ1v) is 5.14. The Kier molecular flexibility index (Phi) is 3.87. The first-order valence-electron chi connectivity index (χ1n) is 5.14. The molecule has 0 atom stereocenters. The van der Waals surface area contributed by atoms with Crippen LogP contribution < -0.4 is 4.74 Å². The lowest BCUT2D eigenvalue weighted by Gasteiger charge is -2.26. The molecular weight excluding hydrogens is 194 g/mol. The highest BCUT2D eigenvalue weighted by Crippen LogP contribution is 2.02. The summed E-state index contributed by atoms with van der Waals surface area (Å²) in [6.07, 6.45) is 3.17. The fourth-order valence-corrected chi connectivity index (χ4v) is 1.47. The molecule has 1 fully saturated rings. The van der Waals surface area contributed by atoms with Crippen molar-refractivity contribution >= 4 is 0 Å². The number of hydrogen-bond donors (Lipinski definition) is 0. The number of aromatic nitrogens is 2. The Labute approximate surface area is 89.0 Å². The monoisotopic (exact) mass is 209 g/mol. The van der Waals surface area contributed by atoms with Crippen LogP contribution in [-0.2, 0) is 4.74 Å². The first-order chi connectivity index (χ1) is 7.45. The molecule has 15 heavy (non-hydrogen) atoms. The van der Waals surface area contributed by atoms with Crippen LogP contribution in [0.1, 0.15) is 0 Å². The maximum atomic E-state index is 5.48. The number of morpholine rings is 1. The summed E-state index contributed by atoms with van der Waals surface area (Å²) in [5.74, 6) is 0.637. The number of hydrogen-bond acceptors (Lipinski definition) is 5. The van der Waals surface area contributed by atoms with E-state index in [1.165, 1.54) is 6.33 Å². The molecule has 2 heterocycles. The lowest BCUT2D eigenvalue weighted by Crippen LogP contribution is -2.38. The standard InChI is InChI=1S/C10H15N3O2/c1-2-11-9-12-10(1)15-8-5-13-3-6-14-7-4-13/h1-2,9H,3-8H2. The van der Waals surface area contributed by atoms with E-state index in [0.717, 1.165) is 32.8 Å². The fraction of sp³-hybridized carbons (Fsp3) is 0.600. The van der Waals surface area contributed by atoms with E-state index >= 15 is 0 Å². The van der Waals surface area contributed by atoms with E-state index in [-0.39, 0.29) is 0 Å². The summed E-state index contributed by atoms with van der Waals surface area (Å²) in [5.41, 5.74) is 0. The van der Waals surface area contributed by atoms with Crippen LogP contribution in [0.15, 0.2) is 18.6 Å². The van der Waals surface area contributed by atoms with Crippen LogP contribution in [0.3, 0.4) is 0 Å². The summed E-state index contributed by atoms with van der Waals surface area (Å²) in [4.78, 5) is 10.1. The largest absolute Gasteiger partial charge is 0.476 e. The molecule has 5 heteroatoms.